The Balaban J connectivity index is 1.18. The van der Waals surface area contributed by atoms with Crippen LogP contribution >= 0.6 is 0 Å². The Morgan fingerprint density at radius 2 is 2.00 bits per heavy atom. The van der Waals surface area contributed by atoms with E-state index in [1.807, 2.05) is 32.0 Å². The quantitative estimate of drug-likeness (QED) is 0.419. The molecule has 0 atom stereocenters. The van der Waals surface area contributed by atoms with Crippen molar-refractivity contribution in [3.63, 3.8) is 0 Å². The topological polar surface area (TPSA) is 140 Å². The van der Waals surface area contributed by atoms with Crippen LogP contribution in [0.2, 0.25) is 0 Å². The number of imide groups is 1. The van der Waals surface area contributed by atoms with E-state index in [4.69, 9.17) is 9.05 Å². The van der Waals surface area contributed by atoms with E-state index in [-0.39, 0.29) is 12.3 Å². The number of urea groups is 1. The van der Waals surface area contributed by atoms with Crippen LogP contribution in [0, 0.1) is 13.8 Å². The van der Waals surface area contributed by atoms with Gasteiger partial charge >= 0.3 is 11.9 Å². The zero-order chi connectivity index (χ0) is 23.7. The van der Waals surface area contributed by atoms with Gasteiger partial charge in [-0.05, 0) is 55.0 Å². The third-order valence-corrected chi connectivity index (χ3v) is 5.50. The highest BCUT2D eigenvalue weighted by Crippen LogP contribution is 2.40. The van der Waals surface area contributed by atoms with E-state index in [9.17, 15) is 9.59 Å². The fraction of sp³-hybridized carbons (Fsp3) is 0.261. The number of nitrogens with zero attached hydrogens (tertiary/aromatic N) is 5. The molecule has 4 heterocycles. The number of aromatic nitrogens is 5. The van der Waals surface area contributed by atoms with Crippen LogP contribution in [-0.2, 0) is 6.54 Å². The molecule has 0 bridgehead atoms. The molecular weight excluding hydrogens is 438 g/mol. The number of carbonyl (C=O) groups excluding carboxylic acids is 2. The van der Waals surface area contributed by atoms with Gasteiger partial charge in [-0.3, -0.25) is 24.6 Å². The smallest absolute Gasteiger partial charge is 0.326 e. The fourth-order valence-electron chi connectivity index (χ4n) is 3.67. The molecule has 0 aromatic carbocycles. The minimum absolute atomic E-state index is 0.104. The molecular formula is C23H22N7O4+. The summed E-state index contributed by atoms with van der Waals surface area (Å²) in [6.07, 6.45) is 8.71. The summed E-state index contributed by atoms with van der Waals surface area (Å²) in [5, 5.41) is 12.6. The number of amides is 3. The molecule has 0 saturated heterocycles. The van der Waals surface area contributed by atoms with Gasteiger partial charge in [0.05, 0.1) is 17.6 Å². The Labute approximate surface area is 194 Å². The molecule has 1 saturated carbocycles. The summed E-state index contributed by atoms with van der Waals surface area (Å²) in [5.41, 5.74) is 4.92. The average Bonchev–Trinajstić information content (AvgIpc) is 3.48. The monoisotopic (exact) mass is 460 g/mol. The predicted octanol–water partition coefficient (Wildman–Crippen LogP) is 2.91. The molecule has 0 radical (unpaired) electrons. The number of hydrogen-bond acceptors (Lipinski definition) is 8. The van der Waals surface area contributed by atoms with Crippen molar-refractivity contribution >= 4 is 17.6 Å². The predicted molar refractivity (Wildman–Crippen MR) is 118 cm³/mol. The number of carbonyl (C=O) groups is 2. The summed E-state index contributed by atoms with van der Waals surface area (Å²) in [5.74, 6) is 0.416. The van der Waals surface area contributed by atoms with E-state index in [0.717, 1.165) is 41.0 Å². The molecule has 4 aromatic rings. The zero-order valence-corrected chi connectivity index (χ0v) is 18.6. The van der Waals surface area contributed by atoms with Gasteiger partial charge in [-0.2, -0.15) is 0 Å². The first-order chi connectivity index (χ1) is 16.5. The second-order valence-corrected chi connectivity index (χ2v) is 8.19. The molecule has 0 aliphatic heterocycles. The molecule has 11 nitrogen and oxygen atoms in total. The van der Waals surface area contributed by atoms with Gasteiger partial charge < -0.3 is 9.84 Å². The van der Waals surface area contributed by atoms with Crippen LogP contribution in [0.15, 0.2) is 52.0 Å². The van der Waals surface area contributed by atoms with Crippen molar-refractivity contribution < 1.29 is 23.3 Å². The SMILES string of the molecule is Cc1noc(C)c1-c1ccc(C[n+]2cc(C(=O)NC(=O)Nc3cncc(C4CC4)c3)on2)nc1. The van der Waals surface area contributed by atoms with Crippen LogP contribution in [0.4, 0.5) is 10.5 Å². The van der Waals surface area contributed by atoms with Crippen LogP contribution in [0.1, 0.15) is 52.0 Å². The van der Waals surface area contributed by atoms with Crippen LogP contribution in [-0.4, -0.2) is 32.3 Å². The maximum absolute atomic E-state index is 12.4. The Morgan fingerprint density at radius 3 is 2.71 bits per heavy atom. The molecule has 1 fully saturated rings. The number of aryl methyl sites for hydroxylation is 2. The standard InChI is InChI=1S/C23H21N7O4/c1-13-21(14(2)33-28-13)16-5-6-18(25-9-16)11-30-12-20(34-29-30)22(31)27-23(32)26-19-7-17(8-24-10-19)15-3-4-15/h5-10,12,15H,3-4,11H2,1-2H3,(H-,26,27,31,32)/p+1. The van der Waals surface area contributed by atoms with E-state index >= 15 is 0 Å². The van der Waals surface area contributed by atoms with Crippen molar-refractivity contribution in [2.45, 2.75) is 39.2 Å². The summed E-state index contributed by atoms with van der Waals surface area (Å²) in [4.78, 5) is 33.2. The Kier molecular flexibility index (Phi) is 5.58. The van der Waals surface area contributed by atoms with Crippen molar-refractivity contribution in [2.24, 2.45) is 0 Å². The highest BCUT2D eigenvalue weighted by Gasteiger charge is 2.25. The molecule has 0 spiro atoms. The van der Waals surface area contributed by atoms with Gasteiger partial charge in [-0.1, -0.05) is 11.2 Å². The number of anilines is 1. The van der Waals surface area contributed by atoms with Crippen molar-refractivity contribution in [3.8, 4) is 11.1 Å². The lowest BCUT2D eigenvalue weighted by molar-refractivity contribution is -0.755. The number of pyridine rings is 2. The van der Waals surface area contributed by atoms with Crippen molar-refractivity contribution in [1.82, 2.24) is 25.7 Å². The molecule has 5 rings (SSSR count). The average molecular weight is 460 g/mol. The van der Waals surface area contributed by atoms with Gasteiger partial charge in [0.1, 0.15) is 11.5 Å². The molecule has 34 heavy (non-hydrogen) atoms. The molecule has 0 unspecified atom stereocenters. The van der Waals surface area contributed by atoms with E-state index in [1.54, 1.807) is 12.4 Å². The number of rotatable bonds is 6. The molecule has 4 aromatic heterocycles. The molecule has 3 amide bonds. The largest absolute Gasteiger partial charge is 0.361 e. The lowest BCUT2D eigenvalue weighted by atomic mass is 10.1. The minimum Gasteiger partial charge on any atom is -0.361 e. The summed E-state index contributed by atoms with van der Waals surface area (Å²) >= 11 is 0. The van der Waals surface area contributed by atoms with Crippen molar-refractivity contribution in [3.05, 3.63) is 71.5 Å². The zero-order valence-electron chi connectivity index (χ0n) is 18.6. The Bertz CT molecular complexity index is 1340. The second-order valence-electron chi connectivity index (χ2n) is 8.19. The minimum atomic E-state index is -0.711. The highest BCUT2D eigenvalue weighted by molar-refractivity contribution is 6.06. The van der Waals surface area contributed by atoms with Gasteiger partial charge in [-0.15, -0.1) is 0 Å². The Hall–Kier alpha value is -4.41. The normalized spacial score (nSPS) is 13.0. The maximum atomic E-state index is 12.4. The second kappa shape index (κ2) is 8.85. The van der Waals surface area contributed by atoms with Crippen LogP contribution < -0.4 is 15.3 Å². The molecule has 172 valence electrons. The number of hydrogen-bond donors (Lipinski definition) is 2. The summed E-state index contributed by atoms with van der Waals surface area (Å²) in [7, 11) is 0. The van der Waals surface area contributed by atoms with Crippen LogP contribution in [0.5, 0.6) is 0 Å². The van der Waals surface area contributed by atoms with E-state index in [2.05, 4.69) is 31.0 Å². The van der Waals surface area contributed by atoms with Crippen LogP contribution in [0.25, 0.3) is 11.1 Å². The third kappa shape index (κ3) is 4.68. The lowest BCUT2D eigenvalue weighted by Crippen LogP contribution is -2.37. The first-order valence-corrected chi connectivity index (χ1v) is 10.8. The summed E-state index contributed by atoms with van der Waals surface area (Å²) in [6, 6.07) is 4.95. The van der Waals surface area contributed by atoms with E-state index < -0.39 is 11.9 Å². The first-order valence-electron chi connectivity index (χ1n) is 10.8. The third-order valence-electron chi connectivity index (χ3n) is 5.50. The van der Waals surface area contributed by atoms with Gasteiger partial charge in [0.25, 0.3) is 12.0 Å². The highest BCUT2D eigenvalue weighted by atomic mass is 16.5. The molecule has 2 N–H and O–H groups in total. The molecule has 11 heteroatoms. The van der Waals surface area contributed by atoms with E-state index in [0.29, 0.717) is 17.3 Å². The summed E-state index contributed by atoms with van der Waals surface area (Å²) in [6.45, 7) is 4.01. The first kappa shape index (κ1) is 21.4. The van der Waals surface area contributed by atoms with Gasteiger partial charge in [0.2, 0.25) is 6.54 Å². The molecule has 1 aliphatic carbocycles. The van der Waals surface area contributed by atoms with Gasteiger partial charge in [0.15, 0.2) is 5.27 Å². The van der Waals surface area contributed by atoms with Gasteiger partial charge in [-0.25, -0.2) is 4.79 Å². The fourth-order valence-corrected chi connectivity index (χ4v) is 3.67. The van der Waals surface area contributed by atoms with E-state index in [1.165, 1.54) is 17.1 Å². The maximum Gasteiger partial charge on any atom is 0.326 e. The van der Waals surface area contributed by atoms with Crippen molar-refractivity contribution in [1.29, 1.82) is 0 Å². The van der Waals surface area contributed by atoms with Crippen LogP contribution in [0.3, 0.4) is 0 Å². The number of nitrogens with one attached hydrogen (secondary N) is 2. The lowest BCUT2D eigenvalue weighted by Gasteiger charge is -2.06. The van der Waals surface area contributed by atoms with Crippen molar-refractivity contribution in [2.75, 3.05) is 5.32 Å². The Morgan fingerprint density at radius 1 is 1.15 bits per heavy atom. The summed E-state index contributed by atoms with van der Waals surface area (Å²) < 4.78 is 11.7. The van der Waals surface area contributed by atoms with Gasteiger partial charge in [0, 0.05) is 23.5 Å². The molecule has 1 aliphatic rings.